The molecular formula is C24H30N2O5. The summed E-state index contributed by atoms with van der Waals surface area (Å²) in [5.74, 6) is 0.0145. The summed E-state index contributed by atoms with van der Waals surface area (Å²) in [5, 5.41) is 2.74. The molecule has 1 fully saturated rings. The first-order valence-electron chi connectivity index (χ1n) is 10.8. The summed E-state index contributed by atoms with van der Waals surface area (Å²) in [6.45, 7) is 4.03. The molecule has 0 spiro atoms. The number of para-hydroxylation sites is 2. The van der Waals surface area contributed by atoms with Crippen LogP contribution in [0.4, 0.5) is 11.4 Å². The summed E-state index contributed by atoms with van der Waals surface area (Å²) in [6.07, 6.45) is 4.58. The standard InChI is InChI=1S/C24H30N2O5/c1-2-16-29-21-8-4-5-9-22(21)30-18-24(28)31-17-23(27)25-19-10-12-20(13-11-19)26-14-6-3-7-15-26/h4-5,8-13H,2-3,6-7,14-18H2,1H3,(H,25,27). The van der Waals surface area contributed by atoms with E-state index in [1.165, 1.54) is 19.3 Å². The van der Waals surface area contributed by atoms with E-state index >= 15 is 0 Å². The maximum atomic E-state index is 12.1. The van der Waals surface area contributed by atoms with Crippen LogP contribution in [0.3, 0.4) is 0 Å². The number of ether oxygens (including phenoxy) is 3. The molecule has 0 unspecified atom stereocenters. The minimum atomic E-state index is -0.624. The Bertz CT molecular complexity index is 847. The van der Waals surface area contributed by atoms with Gasteiger partial charge in [0, 0.05) is 24.5 Å². The zero-order chi connectivity index (χ0) is 21.9. The second-order valence-corrected chi connectivity index (χ2v) is 7.39. The molecule has 1 aliphatic heterocycles. The van der Waals surface area contributed by atoms with Gasteiger partial charge in [-0.2, -0.15) is 0 Å². The van der Waals surface area contributed by atoms with Gasteiger partial charge in [-0.25, -0.2) is 4.79 Å². The number of benzene rings is 2. The molecule has 0 bridgehead atoms. The molecular weight excluding hydrogens is 396 g/mol. The SMILES string of the molecule is CCCOc1ccccc1OCC(=O)OCC(=O)Nc1ccc(N2CCCCC2)cc1. The van der Waals surface area contributed by atoms with Gasteiger partial charge < -0.3 is 24.4 Å². The molecule has 1 heterocycles. The van der Waals surface area contributed by atoms with Gasteiger partial charge in [-0.1, -0.05) is 19.1 Å². The third-order valence-corrected chi connectivity index (χ3v) is 4.89. The lowest BCUT2D eigenvalue weighted by Gasteiger charge is -2.28. The topological polar surface area (TPSA) is 77.1 Å². The van der Waals surface area contributed by atoms with E-state index in [1.54, 1.807) is 18.2 Å². The van der Waals surface area contributed by atoms with Crippen molar-refractivity contribution in [2.24, 2.45) is 0 Å². The quantitative estimate of drug-likeness (QED) is 0.578. The zero-order valence-corrected chi connectivity index (χ0v) is 18.0. The van der Waals surface area contributed by atoms with Gasteiger partial charge in [-0.15, -0.1) is 0 Å². The van der Waals surface area contributed by atoms with Gasteiger partial charge >= 0.3 is 5.97 Å². The van der Waals surface area contributed by atoms with Crippen LogP contribution in [0.5, 0.6) is 11.5 Å². The normalized spacial score (nSPS) is 13.4. The summed E-state index contributed by atoms with van der Waals surface area (Å²) in [5.41, 5.74) is 1.82. The van der Waals surface area contributed by atoms with Gasteiger partial charge in [0.1, 0.15) is 0 Å². The highest BCUT2D eigenvalue weighted by atomic mass is 16.6. The minimum Gasteiger partial charge on any atom is -0.490 e. The minimum absolute atomic E-state index is 0.301. The van der Waals surface area contributed by atoms with E-state index in [4.69, 9.17) is 14.2 Å². The van der Waals surface area contributed by atoms with Crippen LogP contribution in [-0.4, -0.2) is 44.8 Å². The Labute approximate surface area is 183 Å². The molecule has 0 aromatic heterocycles. The van der Waals surface area contributed by atoms with Crippen molar-refractivity contribution in [3.63, 3.8) is 0 Å². The van der Waals surface area contributed by atoms with Crippen LogP contribution in [0.1, 0.15) is 32.6 Å². The number of hydrogen-bond donors (Lipinski definition) is 1. The van der Waals surface area contributed by atoms with Crippen molar-refractivity contribution in [2.75, 3.05) is 43.1 Å². The molecule has 0 atom stereocenters. The first-order valence-corrected chi connectivity index (χ1v) is 10.8. The third kappa shape index (κ3) is 7.20. The Balaban J connectivity index is 1.40. The van der Waals surface area contributed by atoms with E-state index in [-0.39, 0.29) is 13.2 Å². The number of esters is 1. The van der Waals surface area contributed by atoms with Gasteiger partial charge in [0.15, 0.2) is 24.7 Å². The van der Waals surface area contributed by atoms with Crippen LogP contribution in [0.15, 0.2) is 48.5 Å². The summed E-state index contributed by atoms with van der Waals surface area (Å²) in [4.78, 5) is 26.4. The molecule has 166 valence electrons. The molecule has 7 nitrogen and oxygen atoms in total. The molecule has 2 aromatic carbocycles. The van der Waals surface area contributed by atoms with E-state index < -0.39 is 11.9 Å². The van der Waals surface area contributed by atoms with Gasteiger partial charge in [-0.3, -0.25) is 4.79 Å². The van der Waals surface area contributed by atoms with Crippen molar-refractivity contribution in [1.82, 2.24) is 0 Å². The van der Waals surface area contributed by atoms with Crippen LogP contribution in [0, 0.1) is 0 Å². The average molecular weight is 427 g/mol. The lowest BCUT2D eigenvalue weighted by Crippen LogP contribution is -2.29. The Morgan fingerprint density at radius 2 is 1.58 bits per heavy atom. The van der Waals surface area contributed by atoms with Crippen molar-refractivity contribution in [2.45, 2.75) is 32.6 Å². The molecule has 1 N–H and O–H groups in total. The van der Waals surface area contributed by atoms with Gasteiger partial charge in [0.2, 0.25) is 0 Å². The molecule has 1 amide bonds. The molecule has 0 radical (unpaired) electrons. The van der Waals surface area contributed by atoms with Crippen molar-refractivity contribution < 1.29 is 23.8 Å². The molecule has 1 aliphatic rings. The number of rotatable bonds is 10. The number of nitrogens with zero attached hydrogens (tertiary/aromatic N) is 1. The summed E-state index contributed by atoms with van der Waals surface area (Å²) < 4.78 is 16.1. The summed E-state index contributed by atoms with van der Waals surface area (Å²) in [7, 11) is 0. The van der Waals surface area contributed by atoms with Crippen LogP contribution < -0.4 is 19.7 Å². The highest BCUT2D eigenvalue weighted by Crippen LogP contribution is 2.26. The number of anilines is 2. The maximum absolute atomic E-state index is 12.1. The molecule has 3 rings (SSSR count). The monoisotopic (exact) mass is 426 g/mol. The third-order valence-electron chi connectivity index (χ3n) is 4.89. The molecule has 0 saturated carbocycles. The maximum Gasteiger partial charge on any atom is 0.344 e. The average Bonchev–Trinajstić information content (AvgIpc) is 2.81. The number of hydrogen-bond acceptors (Lipinski definition) is 6. The van der Waals surface area contributed by atoms with Gasteiger partial charge in [0.05, 0.1) is 6.61 Å². The predicted molar refractivity (Wildman–Crippen MR) is 120 cm³/mol. The highest BCUT2D eigenvalue weighted by molar-refractivity contribution is 5.93. The highest BCUT2D eigenvalue weighted by Gasteiger charge is 2.13. The molecule has 0 aliphatic carbocycles. The Kier molecular flexibility index (Phi) is 8.58. The van der Waals surface area contributed by atoms with Crippen LogP contribution in [0.25, 0.3) is 0 Å². The Morgan fingerprint density at radius 3 is 2.26 bits per heavy atom. The van der Waals surface area contributed by atoms with Crippen molar-refractivity contribution in [3.8, 4) is 11.5 Å². The first kappa shape index (κ1) is 22.5. The Hall–Kier alpha value is -3.22. The zero-order valence-electron chi connectivity index (χ0n) is 18.0. The summed E-state index contributed by atoms with van der Waals surface area (Å²) >= 11 is 0. The Morgan fingerprint density at radius 1 is 0.903 bits per heavy atom. The number of piperidine rings is 1. The smallest absolute Gasteiger partial charge is 0.344 e. The van der Waals surface area contributed by atoms with E-state index in [1.807, 2.05) is 37.3 Å². The van der Waals surface area contributed by atoms with Gasteiger partial charge in [0.25, 0.3) is 5.91 Å². The second kappa shape index (κ2) is 11.8. The van der Waals surface area contributed by atoms with Crippen molar-refractivity contribution >= 4 is 23.3 Å². The van der Waals surface area contributed by atoms with Crippen LogP contribution in [-0.2, 0) is 14.3 Å². The number of carbonyl (C=O) groups excluding carboxylic acids is 2. The summed E-state index contributed by atoms with van der Waals surface area (Å²) in [6, 6.07) is 14.8. The molecule has 31 heavy (non-hydrogen) atoms. The van der Waals surface area contributed by atoms with Crippen LogP contribution in [0.2, 0.25) is 0 Å². The van der Waals surface area contributed by atoms with Crippen molar-refractivity contribution in [1.29, 1.82) is 0 Å². The molecule has 1 saturated heterocycles. The number of amides is 1. The molecule has 7 heteroatoms. The fraction of sp³-hybridized carbons (Fsp3) is 0.417. The number of nitrogens with one attached hydrogen (secondary N) is 1. The van der Waals surface area contributed by atoms with Crippen molar-refractivity contribution in [3.05, 3.63) is 48.5 Å². The van der Waals surface area contributed by atoms with E-state index in [0.29, 0.717) is 23.8 Å². The molecule has 2 aromatic rings. The largest absolute Gasteiger partial charge is 0.490 e. The fourth-order valence-corrected chi connectivity index (χ4v) is 3.33. The number of carbonyl (C=O) groups is 2. The second-order valence-electron chi connectivity index (χ2n) is 7.39. The van der Waals surface area contributed by atoms with Gasteiger partial charge in [-0.05, 0) is 62.1 Å². The van der Waals surface area contributed by atoms with E-state index in [9.17, 15) is 9.59 Å². The lowest BCUT2D eigenvalue weighted by molar-refractivity contribution is -0.149. The lowest BCUT2D eigenvalue weighted by atomic mass is 10.1. The predicted octanol–water partition coefficient (Wildman–Crippen LogP) is 4.03. The van der Waals surface area contributed by atoms with E-state index in [2.05, 4.69) is 10.2 Å². The van der Waals surface area contributed by atoms with E-state index in [0.717, 1.165) is 25.2 Å². The van der Waals surface area contributed by atoms with Crippen LogP contribution >= 0.6 is 0 Å². The fourth-order valence-electron chi connectivity index (χ4n) is 3.33. The first-order chi connectivity index (χ1) is 15.2.